The van der Waals surface area contributed by atoms with Crippen molar-refractivity contribution in [2.75, 3.05) is 6.54 Å². The number of amides is 1. The van der Waals surface area contributed by atoms with Crippen LogP contribution in [0.25, 0.3) is 0 Å². The molecule has 1 heterocycles. The van der Waals surface area contributed by atoms with Gasteiger partial charge in [0.1, 0.15) is 5.75 Å². The van der Waals surface area contributed by atoms with Gasteiger partial charge in [-0.05, 0) is 62.8 Å². The quantitative estimate of drug-likeness (QED) is 0.858. The lowest BCUT2D eigenvalue weighted by atomic mass is 9.78. The molecule has 122 valence electrons. The smallest absolute Gasteiger partial charge is 0.263 e. The van der Waals surface area contributed by atoms with Gasteiger partial charge in [-0.15, -0.1) is 0 Å². The molecule has 2 fully saturated rings. The van der Waals surface area contributed by atoms with Crippen molar-refractivity contribution < 1.29 is 9.53 Å². The molecule has 4 heteroatoms. The Labute approximate surface area is 138 Å². The highest BCUT2D eigenvalue weighted by atomic mass is 16.5. The topological polar surface area (TPSA) is 53.3 Å². The maximum absolute atomic E-state index is 12.8. The van der Waals surface area contributed by atoms with E-state index in [0.717, 1.165) is 19.4 Å². The van der Waals surface area contributed by atoms with Crippen LogP contribution >= 0.6 is 0 Å². The SMILES string of the molecule is CC(Oc1ccc(C#N)cc1)C(=O)N1CCCC2CCCCC21. The van der Waals surface area contributed by atoms with Crippen LogP contribution in [0.3, 0.4) is 0 Å². The second-order valence-electron chi connectivity index (χ2n) is 6.68. The lowest BCUT2D eigenvalue weighted by Crippen LogP contribution is -2.53. The molecule has 1 aliphatic carbocycles. The van der Waals surface area contributed by atoms with Gasteiger partial charge in [-0.2, -0.15) is 5.26 Å². The molecule has 1 aliphatic heterocycles. The highest BCUT2D eigenvalue weighted by Crippen LogP contribution is 2.35. The average molecular weight is 312 g/mol. The lowest BCUT2D eigenvalue weighted by molar-refractivity contribution is -0.144. The summed E-state index contributed by atoms with van der Waals surface area (Å²) in [5, 5.41) is 8.83. The second-order valence-corrected chi connectivity index (χ2v) is 6.68. The summed E-state index contributed by atoms with van der Waals surface area (Å²) in [7, 11) is 0. The minimum absolute atomic E-state index is 0.103. The molecule has 23 heavy (non-hydrogen) atoms. The van der Waals surface area contributed by atoms with Crippen LogP contribution in [0.1, 0.15) is 51.0 Å². The number of ether oxygens (including phenoxy) is 1. The summed E-state index contributed by atoms with van der Waals surface area (Å²) in [6.45, 7) is 2.69. The standard InChI is InChI=1S/C19H24N2O2/c1-14(23-17-10-8-15(13-20)9-11-17)19(22)21-12-4-6-16-5-2-3-7-18(16)21/h8-11,14,16,18H,2-7,12H2,1H3. The van der Waals surface area contributed by atoms with Crippen LogP contribution in [0.5, 0.6) is 5.75 Å². The summed E-state index contributed by atoms with van der Waals surface area (Å²) < 4.78 is 5.81. The van der Waals surface area contributed by atoms with Gasteiger partial charge in [0.15, 0.2) is 6.10 Å². The summed E-state index contributed by atoms with van der Waals surface area (Å²) in [6, 6.07) is 9.43. The van der Waals surface area contributed by atoms with Crippen molar-refractivity contribution in [2.24, 2.45) is 5.92 Å². The second kappa shape index (κ2) is 7.04. The first-order chi connectivity index (χ1) is 11.2. The van der Waals surface area contributed by atoms with E-state index in [4.69, 9.17) is 10.00 Å². The van der Waals surface area contributed by atoms with Gasteiger partial charge in [-0.1, -0.05) is 12.8 Å². The predicted molar refractivity (Wildman–Crippen MR) is 87.9 cm³/mol. The zero-order valence-electron chi connectivity index (χ0n) is 13.7. The molecule has 1 saturated carbocycles. The van der Waals surface area contributed by atoms with Crippen LogP contribution in [0.2, 0.25) is 0 Å². The van der Waals surface area contributed by atoms with E-state index in [2.05, 4.69) is 11.0 Å². The molecule has 0 N–H and O–H groups in total. The Morgan fingerprint density at radius 1 is 1.22 bits per heavy atom. The van der Waals surface area contributed by atoms with E-state index < -0.39 is 6.10 Å². The van der Waals surface area contributed by atoms with E-state index in [1.54, 1.807) is 24.3 Å². The Morgan fingerprint density at radius 2 is 1.91 bits per heavy atom. The number of nitrogens with zero attached hydrogens (tertiary/aromatic N) is 2. The highest BCUT2D eigenvalue weighted by molar-refractivity contribution is 5.81. The van der Waals surface area contributed by atoms with E-state index in [1.807, 2.05) is 6.92 Å². The minimum atomic E-state index is -0.483. The van der Waals surface area contributed by atoms with Crippen molar-refractivity contribution in [3.8, 4) is 11.8 Å². The highest BCUT2D eigenvalue weighted by Gasteiger charge is 2.37. The largest absolute Gasteiger partial charge is 0.481 e. The Bertz CT molecular complexity index is 588. The minimum Gasteiger partial charge on any atom is -0.481 e. The first kappa shape index (κ1) is 15.9. The number of carbonyl (C=O) groups is 1. The van der Waals surface area contributed by atoms with Gasteiger partial charge >= 0.3 is 0 Å². The molecule has 0 spiro atoms. The lowest BCUT2D eigenvalue weighted by Gasteiger charge is -2.44. The van der Waals surface area contributed by atoms with Gasteiger partial charge in [0, 0.05) is 12.6 Å². The van der Waals surface area contributed by atoms with Crippen LogP contribution in [0, 0.1) is 17.2 Å². The van der Waals surface area contributed by atoms with Crippen molar-refractivity contribution in [1.82, 2.24) is 4.90 Å². The van der Waals surface area contributed by atoms with Crippen LogP contribution in [-0.2, 0) is 4.79 Å². The number of rotatable bonds is 3. The summed E-state index contributed by atoms with van der Waals surface area (Å²) in [4.78, 5) is 14.9. The van der Waals surface area contributed by atoms with E-state index in [-0.39, 0.29) is 5.91 Å². The maximum atomic E-state index is 12.8. The average Bonchev–Trinajstić information content (AvgIpc) is 2.61. The first-order valence-corrected chi connectivity index (χ1v) is 8.66. The van der Waals surface area contributed by atoms with Gasteiger partial charge in [0.2, 0.25) is 0 Å². The number of nitriles is 1. The number of hydrogen-bond donors (Lipinski definition) is 0. The maximum Gasteiger partial charge on any atom is 0.263 e. The molecular formula is C19H24N2O2. The number of piperidine rings is 1. The molecule has 3 rings (SSSR count). The molecule has 2 aliphatic rings. The van der Waals surface area contributed by atoms with Gasteiger partial charge in [-0.25, -0.2) is 0 Å². The van der Waals surface area contributed by atoms with E-state index in [9.17, 15) is 4.79 Å². The molecule has 1 amide bonds. The summed E-state index contributed by atoms with van der Waals surface area (Å²) in [5.41, 5.74) is 0.595. The predicted octanol–water partition coefficient (Wildman–Crippen LogP) is 3.51. The number of likely N-dealkylation sites (tertiary alicyclic amines) is 1. The third-order valence-electron chi connectivity index (χ3n) is 5.17. The zero-order chi connectivity index (χ0) is 16.2. The molecule has 1 saturated heterocycles. The number of hydrogen-bond acceptors (Lipinski definition) is 3. The van der Waals surface area contributed by atoms with E-state index in [1.165, 1.54) is 25.7 Å². The zero-order valence-corrected chi connectivity index (χ0v) is 13.7. The number of carbonyl (C=O) groups excluding carboxylic acids is 1. The summed E-state index contributed by atoms with van der Waals surface area (Å²) in [5.74, 6) is 1.43. The van der Waals surface area contributed by atoms with Crippen molar-refractivity contribution in [3.63, 3.8) is 0 Å². The molecule has 3 atom stereocenters. The third kappa shape index (κ3) is 3.50. The van der Waals surface area contributed by atoms with Gasteiger partial charge in [0.05, 0.1) is 11.6 Å². The fourth-order valence-corrected chi connectivity index (χ4v) is 3.99. The Hall–Kier alpha value is -2.02. The normalized spacial score (nSPS) is 25.1. The molecule has 0 bridgehead atoms. The molecule has 3 unspecified atom stereocenters. The van der Waals surface area contributed by atoms with Crippen LogP contribution in [0.15, 0.2) is 24.3 Å². The number of fused-ring (bicyclic) bond motifs is 1. The Morgan fingerprint density at radius 3 is 2.65 bits per heavy atom. The first-order valence-electron chi connectivity index (χ1n) is 8.66. The molecule has 1 aromatic carbocycles. The van der Waals surface area contributed by atoms with Crippen LogP contribution in [-0.4, -0.2) is 29.5 Å². The molecule has 0 aromatic heterocycles. The van der Waals surface area contributed by atoms with Gasteiger partial charge < -0.3 is 9.64 Å². The summed E-state index contributed by atoms with van der Waals surface area (Å²) in [6.07, 6.45) is 6.83. The van der Waals surface area contributed by atoms with Gasteiger partial charge in [-0.3, -0.25) is 4.79 Å². The summed E-state index contributed by atoms with van der Waals surface area (Å²) >= 11 is 0. The molecule has 0 radical (unpaired) electrons. The van der Waals surface area contributed by atoms with E-state index in [0.29, 0.717) is 23.3 Å². The Balaban J connectivity index is 1.65. The Kier molecular flexibility index (Phi) is 4.85. The van der Waals surface area contributed by atoms with E-state index >= 15 is 0 Å². The fourth-order valence-electron chi connectivity index (χ4n) is 3.99. The monoisotopic (exact) mass is 312 g/mol. The fraction of sp³-hybridized carbons (Fsp3) is 0.579. The molecule has 1 aromatic rings. The van der Waals surface area contributed by atoms with Crippen molar-refractivity contribution >= 4 is 5.91 Å². The molecule has 4 nitrogen and oxygen atoms in total. The third-order valence-corrected chi connectivity index (χ3v) is 5.17. The molecular weight excluding hydrogens is 288 g/mol. The van der Waals surface area contributed by atoms with Crippen LogP contribution in [0.4, 0.5) is 0 Å². The number of benzene rings is 1. The van der Waals surface area contributed by atoms with Crippen LogP contribution < -0.4 is 4.74 Å². The van der Waals surface area contributed by atoms with Crippen molar-refractivity contribution in [2.45, 2.75) is 57.6 Å². The van der Waals surface area contributed by atoms with Gasteiger partial charge in [0.25, 0.3) is 5.91 Å². The van der Waals surface area contributed by atoms with Crippen molar-refractivity contribution in [3.05, 3.63) is 29.8 Å². The van der Waals surface area contributed by atoms with Crippen molar-refractivity contribution in [1.29, 1.82) is 5.26 Å².